The monoisotopic (exact) mass is 280 g/mol. The Kier molecular flexibility index (Phi) is 3.00. The Morgan fingerprint density at radius 1 is 0.526 bits per heavy atom. The third-order valence-corrected chi connectivity index (χ3v) is 2.58. The molecule has 0 fully saturated rings. The van der Waals surface area contributed by atoms with Crippen LogP contribution in [0.1, 0.15) is 5.56 Å². The maximum Gasteiger partial charge on any atom is 0.198 e. The van der Waals surface area contributed by atoms with E-state index in [1.807, 2.05) is 0 Å². The summed E-state index contributed by atoms with van der Waals surface area (Å²) < 4.78 is 93.1. The highest BCUT2D eigenvalue weighted by atomic mass is 19.2. The Labute approximate surface area is 101 Å². The Morgan fingerprint density at radius 2 is 0.895 bits per heavy atom. The first-order valence-corrected chi connectivity index (χ1v) is 4.77. The van der Waals surface area contributed by atoms with Gasteiger partial charge >= 0.3 is 0 Å². The van der Waals surface area contributed by atoms with Gasteiger partial charge in [-0.3, -0.25) is 0 Å². The van der Waals surface area contributed by atoms with Gasteiger partial charge in [-0.25, -0.2) is 30.7 Å². The summed E-state index contributed by atoms with van der Waals surface area (Å²) in [6, 6.07) is 0. The molecule has 0 aliphatic rings. The SMILES string of the molecule is C=Cc1c(F)c(F)c2c(F)c(F)c(F)c(F)c2c1F. The molecule has 0 atom stereocenters. The predicted molar refractivity (Wildman–Crippen MR) is 53.7 cm³/mol. The molecule has 0 amide bonds. The van der Waals surface area contributed by atoms with Gasteiger partial charge in [-0.2, -0.15) is 0 Å². The van der Waals surface area contributed by atoms with E-state index in [-0.39, 0.29) is 0 Å². The standard InChI is InChI=1S/C12H3F7/c1-2-3-6(13)4-5(8(15)7(3)14)10(17)12(19)11(18)9(4)16/h2H,1H2. The van der Waals surface area contributed by atoms with Crippen molar-refractivity contribution in [3.05, 3.63) is 52.9 Å². The number of benzene rings is 2. The summed E-state index contributed by atoms with van der Waals surface area (Å²) in [7, 11) is 0. The molecular formula is C12H3F7. The molecule has 0 bridgehead atoms. The second kappa shape index (κ2) is 4.25. The molecule has 2 aromatic carbocycles. The molecule has 0 aromatic heterocycles. The molecule has 100 valence electrons. The lowest BCUT2D eigenvalue weighted by molar-refractivity contribution is 0.411. The van der Waals surface area contributed by atoms with Crippen LogP contribution in [0, 0.1) is 40.7 Å². The molecule has 0 saturated carbocycles. The van der Waals surface area contributed by atoms with Crippen molar-refractivity contribution in [3.63, 3.8) is 0 Å². The van der Waals surface area contributed by atoms with Crippen LogP contribution in [0.25, 0.3) is 16.8 Å². The van der Waals surface area contributed by atoms with E-state index in [2.05, 4.69) is 6.58 Å². The largest absolute Gasteiger partial charge is 0.205 e. The minimum atomic E-state index is -2.35. The molecule has 0 aliphatic carbocycles. The molecule has 0 N–H and O–H groups in total. The fourth-order valence-electron chi connectivity index (χ4n) is 1.68. The molecule has 0 spiro atoms. The molecule has 19 heavy (non-hydrogen) atoms. The van der Waals surface area contributed by atoms with Gasteiger partial charge in [0.1, 0.15) is 5.82 Å². The molecule has 0 unspecified atom stereocenters. The molecule has 2 aromatic rings. The van der Waals surface area contributed by atoms with Gasteiger partial charge in [0, 0.05) is 5.56 Å². The minimum absolute atomic E-state index is 0.506. The fraction of sp³-hybridized carbons (Fsp3) is 0. The fourth-order valence-corrected chi connectivity index (χ4v) is 1.68. The van der Waals surface area contributed by atoms with E-state index in [0.29, 0.717) is 6.08 Å². The highest BCUT2D eigenvalue weighted by Crippen LogP contribution is 2.34. The van der Waals surface area contributed by atoms with Gasteiger partial charge in [0.05, 0.1) is 10.8 Å². The van der Waals surface area contributed by atoms with Crippen LogP contribution in [0.2, 0.25) is 0 Å². The van der Waals surface area contributed by atoms with Crippen molar-refractivity contribution < 1.29 is 30.7 Å². The van der Waals surface area contributed by atoms with E-state index in [0.717, 1.165) is 0 Å². The summed E-state index contributed by atoms with van der Waals surface area (Å²) in [4.78, 5) is 0. The van der Waals surface area contributed by atoms with Crippen LogP contribution in [-0.4, -0.2) is 0 Å². The summed E-state index contributed by atoms with van der Waals surface area (Å²) >= 11 is 0. The van der Waals surface area contributed by atoms with Crippen LogP contribution in [-0.2, 0) is 0 Å². The topological polar surface area (TPSA) is 0 Å². The van der Waals surface area contributed by atoms with E-state index in [1.54, 1.807) is 0 Å². The number of halogens is 7. The van der Waals surface area contributed by atoms with Crippen LogP contribution in [0.4, 0.5) is 30.7 Å². The minimum Gasteiger partial charge on any atom is -0.205 e. The summed E-state index contributed by atoms with van der Waals surface area (Å²) in [6.07, 6.45) is 0.506. The Hall–Kier alpha value is -2.05. The zero-order valence-corrected chi connectivity index (χ0v) is 8.93. The number of hydrogen-bond acceptors (Lipinski definition) is 0. The van der Waals surface area contributed by atoms with Crippen molar-refractivity contribution in [2.24, 2.45) is 0 Å². The zero-order valence-electron chi connectivity index (χ0n) is 8.93. The Morgan fingerprint density at radius 3 is 1.32 bits per heavy atom. The summed E-state index contributed by atoms with van der Waals surface area (Å²) in [6.45, 7) is 2.96. The van der Waals surface area contributed by atoms with Gasteiger partial charge in [-0.05, 0) is 0 Å². The third-order valence-electron chi connectivity index (χ3n) is 2.58. The Balaban J connectivity index is 3.22. The van der Waals surface area contributed by atoms with Gasteiger partial charge in [0.2, 0.25) is 0 Å². The van der Waals surface area contributed by atoms with Gasteiger partial charge in [-0.15, -0.1) is 0 Å². The number of fused-ring (bicyclic) bond motifs is 1. The maximum atomic E-state index is 13.7. The number of hydrogen-bond donors (Lipinski definition) is 0. The van der Waals surface area contributed by atoms with Gasteiger partial charge in [0.15, 0.2) is 34.9 Å². The summed E-state index contributed by atoms with van der Waals surface area (Å²) in [5, 5.41) is -3.14. The first kappa shape index (κ1) is 13.4. The molecule has 0 heterocycles. The van der Waals surface area contributed by atoms with Gasteiger partial charge < -0.3 is 0 Å². The van der Waals surface area contributed by atoms with Crippen LogP contribution in [0.3, 0.4) is 0 Å². The van der Waals surface area contributed by atoms with E-state index >= 15 is 0 Å². The summed E-state index contributed by atoms with van der Waals surface area (Å²) in [5.41, 5.74) is -1.10. The van der Waals surface area contributed by atoms with Gasteiger partial charge in [-0.1, -0.05) is 12.7 Å². The van der Waals surface area contributed by atoms with Gasteiger partial charge in [0.25, 0.3) is 0 Å². The predicted octanol–water partition coefficient (Wildman–Crippen LogP) is 4.46. The lowest BCUT2D eigenvalue weighted by Crippen LogP contribution is -2.05. The number of rotatable bonds is 1. The lowest BCUT2D eigenvalue weighted by Gasteiger charge is -2.10. The second-order valence-corrected chi connectivity index (χ2v) is 3.57. The molecule has 7 heteroatoms. The quantitative estimate of drug-likeness (QED) is 0.411. The maximum absolute atomic E-state index is 13.7. The third kappa shape index (κ3) is 1.61. The average Bonchev–Trinajstić information content (AvgIpc) is 2.38. The van der Waals surface area contributed by atoms with Crippen molar-refractivity contribution in [3.8, 4) is 0 Å². The van der Waals surface area contributed by atoms with Crippen molar-refractivity contribution in [2.75, 3.05) is 0 Å². The van der Waals surface area contributed by atoms with E-state index < -0.39 is 57.1 Å². The molecule has 0 aliphatic heterocycles. The molecule has 0 radical (unpaired) electrons. The molecule has 2 rings (SSSR count). The summed E-state index contributed by atoms with van der Waals surface area (Å²) in [5.74, 6) is -14.7. The van der Waals surface area contributed by atoms with Crippen molar-refractivity contribution >= 4 is 16.8 Å². The molecule has 0 nitrogen and oxygen atoms in total. The highest BCUT2D eigenvalue weighted by molar-refractivity contribution is 5.87. The lowest BCUT2D eigenvalue weighted by atomic mass is 10.0. The first-order valence-electron chi connectivity index (χ1n) is 4.77. The average molecular weight is 280 g/mol. The van der Waals surface area contributed by atoms with Crippen LogP contribution in [0.15, 0.2) is 6.58 Å². The van der Waals surface area contributed by atoms with Crippen LogP contribution < -0.4 is 0 Å². The van der Waals surface area contributed by atoms with Crippen LogP contribution >= 0.6 is 0 Å². The smallest absolute Gasteiger partial charge is 0.198 e. The van der Waals surface area contributed by atoms with Crippen molar-refractivity contribution in [1.29, 1.82) is 0 Å². The molecule has 0 saturated heterocycles. The van der Waals surface area contributed by atoms with Crippen molar-refractivity contribution in [1.82, 2.24) is 0 Å². The zero-order chi connectivity index (χ0) is 14.5. The highest BCUT2D eigenvalue weighted by Gasteiger charge is 2.29. The van der Waals surface area contributed by atoms with Crippen LogP contribution in [0.5, 0.6) is 0 Å². The van der Waals surface area contributed by atoms with E-state index in [9.17, 15) is 30.7 Å². The molecular weight excluding hydrogens is 277 g/mol. The van der Waals surface area contributed by atoms with E-state index in [1.165, 1.54) is 0 Å². The normalized spacial score (nSPS) is 11.1. The second-order valence-electron chi connectivity index (χ2n) is 3.57. The van der Waals surface area contributed by atoms with Crippen molar-refractivity contribution in [2.45, 2.75) is 0 Å². The Bertz CT molecular complexity index is 719. The first-order chi connectivity index (χ1) is 8.82. The van der Waals surface area contributed by atoms with E-state index in [4.69, 9.17) is 0 Å².